The Hall–Kier alpha value is -0.970. The predicted molar refractivity (Wildman–Crippen MR) is 79.0 cm³/mol. The quantitative estimate of drug-likeness (QED) is 0.783. The fraction of sp³-hybridized carbons (Fsp3) is 0.667. The summed E-state index contributed by atoms with van der Waals surface area (Å²) < 4.78 is 5.22. The number of hydrogen-bond acceptors (Lipinski definition) is 4. The van der Waals surface area contributed by atoms with Crippen molar-refractivity contribution < 1.29 is 4.74 Å². The summed E-state index contributed by atoms with van der Waals surface area (Å²) in [5.74, 6) is 0. The van der Waals surface area contributed by atoms with Gasteiger partial charge in [-0.25, -0.2) is 0 Å². The minimum atomic E-state index is 0.100. The van der Waals surface area contributed by atoms with Crippen molar-refractivity contribution in [2.24, 2.45) is 5.73 Å². The lowest BCUT2D eigenvalue weighted by Gasteiger charge is -2.38. The zero-order chi connectivity index (χ0) is 14.3. The summed E-state index contributed by atoms with van der Waals surface area (Å²) in [6, 6.07) is 4.78. The number of aromatic nitrogens is 1. The Balaban J connectivity index is 2.99. The largest absolute Gasteiger partial charge is 0.383 e. The van der Waals surface area contributed by atoms with Gasteiger partial charge in [0.15, 0.2) is 0 Å². The molecule has 0 aromatic carbocycles. The van der Waals surface area contributed by atoms with Crippen molar-refractivity contribution in [3.63, 3.8) is 0 Å². The van der Waals surface area contributed by atoms with Gasteiger partial charge in [-0.1, -0.05) is 13.0 Å². The van der Waals surface area contributed by atoms with Crippen LogP contribution in [-0.2, 0) is 4.74 Å². The fourth-order valence-electron chi connectivity index (χ4n) is 2.37. The van der Waals surface area contributed by atoms with Gasteiger partial charge >= 0.3 is 0 Å². The van der Waals surface area contributed by atoms with Gasteiger partial charge < -0.3 is 10.5 Å². The third kappa shape index (κ3) is 4.56. The molecule has 4 nitrogen and oxygen atoms in total. The Morgan fingerprint density at radius 2 is 2.16 bits per heavy atom. The first kappa shape index (κ1) is 16.1. The highest BCUT2D eigenvalue weighted by atomic mass is 16.5. The molecule has 0 saturated carbocycles. The SMILES string of the molecule is CCC(N)C(c1cccnc1)N(CCOC)C(C)C. The summed E-state index contributed by atoms with van der Waals surface area (Å²) in [5, 5.41) is 0. The van der Waals surface area contributed by atoms with Crippen molar-refractivity contribution >= 4 is 0 Å². The number of ether oxygens (including phenoxy) is 1. The Bertz CT molecular complexity index is 343. The molecular formula is C15H27N3O. The van der Waals surface area contributed by atoms with Gasteiger partial charge in [0.25, 0.3) is 0 Å². The summed E-state index contributed by atoms with van der Waals surface area (Å²) >= 11 is 0. The first-order chi connectivity index (χ1) is 9.11. The van der Waals surface area contributed by atoms with Gasteiger partial charge in [0.05, 0.1) is 12.6 Å². The van der Waals surface area contributed by atoms with Gasteiger partial charge in [-0.05, 0) is 31.9 Å². The van der Waals surface area contributed by atoms with Crippen LogP contribution in [0.15, 0.2) is 24.5 Å². The number of methoxy groups -OCH3 is 1. The van der Waals surface area contributed by atoms with Crippen molar-refractivity contribution in [1.29, 1.82) is 0 Å². The van der Waals surface area contributed by atoms with Crippen molar-refractivity contribution in [3.05, 3.63) is 30.1 Å². The normalized spacial score (nSPS) is 14.9. The van der Waals surface area contributed by atoms with E-state index in [9.17, 15) is 0 Å². The van der Waals surface area contributed by atoms with E-state index in [1.165, 1.54) is 5.56 Å². The molecule has 2 unspecified atom stereocenters. The summed E-state index contributed by atoms with van der Waals surface area (Å²) in [7, 11) is 1.73. The van der Waals surface area contributed by atoms with Crippen LogP contribution in [0.5, 0.6) is 0 Å². The van der Waals surface area contributed by atoms with Crippen LogP contribution in [0, 0.1) is 0 Å². The molecule has 0 amide bonds. The van der Waals surface area contributed by atoms with Crippen molar-refractivity contribution in [3.8, 4) is 0 Å². The van der Waals surface area contributed by atoms with Crippen LogP contribution in [0.25, 0.3) is 0 Å². The maximum absolute atomic E-state index is 6.35. The Labute approximate surface area is 117 Å². The third-order valence-corrected chi connectivity index (χ3v) is 3.48. The molecule has 108 valence electrons. The van der Waals surface area contributed by atoms with E-state index in [1.54, 1.807) is 13.3 Å². The van der Waals surface area contributed by atoms with Gasteiger partial charge in [-0.3, -0.25) is 9.88 Å². The zero-order valence-electron chi connectivity index (χ0n) is 12.5. The molecule has 4 heteroatoms. The lowest BCUT2D eigenvalue weighted by Crippen LogP contribution is -2.45. The molecule has 0 saturated heterocycles. The second kappa shape index (κ2) is 8.25. The first-order valence-corrected chi connectivity index (χ1v) is 7.02. The van der Waals surface area contributed by atoms with Crippen LogP contribution in [0.2, 0.25) is 0 Å². The molecule has 0 aliphatic rings. The number of pyridine rings is 1. The topological polar surface area (TPSA) is 51.4 Å². The van der Waals surface area contributed by atoms with Crippen LogP contribution in [0.3, 0.4) is 0 Å². The average Bonchev–Trinajstić information content (AvgIpc) is 2.43. The molecule has 2 N–H and O–H groups in total. The van der Waals surface area contributed by atoms with E-state index in [0.717, 1.165) is 13.0 Å². The Kier molecular flexibility index (Phi) is 6.99. The standard InChI is InChI=1S/C15H27N3O/c1-5-14(16)15(13-7-6-8-17-11-13)18(12(2)3)9-10-19-4/h6-8,11-12,14-15H,5,9-10,16H2,1-4H3. The molecule has 0 fully saturated rings. The van der Waals surface area contributed by atoms with Gasteiger partial charge in [0.1, 0.15) is 0 Å². The van der Waals surface area contributed by atoms with E-state index in [1.807, 2.05) is 12.3 Å². The Morgan fingerprint density at radius 1 is 1.42 bits per heavy atom. The smallest absolute Gasteiger partial charge is 0.0590 e. The van der Waals surface area contributed by atoms with Gasteiger partial charge in [-0.2, -0.15) is 0 Å². The molecule has 0 aliphatic carbocycles. The van der Waals surface area contributed by atoms with E-state index in [0.29, 0.717) is 12.6 Å². The highest BCUT2D eigenvalue weighted by molar-refractivity contribution is 5.16. The first-order valence-electron chi connectivity index (χ1n) is 7.02. The van der Waals surface area contributed by atoms with Crippen LogP contribution < -0.4 is 5.73 Å². The Morgan fingerprint density at radius 3 is 2.63 bits per heavy atom. The lowest BCUT2D eigenvalue weighted by atomic mass is 9.96. The minimum absolute atomic E-state index is 0.100. The molecule has 1 aromatic heterocycles. The third-order valence-electron chi connectivity index (χ3n) is 3.48. The molecule has 0 bridgehead atoms. The van der Waals surface area contributed by atoms with Crippen LogP contribution in [0.1, 0.15) is 38.8 Å². The van der Waals surface area contributed by atoms with E-state index in [2.05, 4.69) is 36.7 Å². The second-order valence-corrected chi connectivity index (χ2v) is 5.13. The summed E-state index contributed by atoms with van der Waals surface area (Å²) in [6.07, 6.45) is 4.66. The molecule has 1 aromatic rings. The average molecular weight is 265 g/mol. The highest BCUT2D eigenvalue weighted by Crippen LogP contribution is 2.26. The van der Waals surface area contributed by atoms with E-state index < -0.39 is 0 Å². The molecule has 1 rings (SSSR count). The summed E-state index contributed by atoms with van der Waals surface area (Å²) in [4.78, 5) is 6.63. The zero-order valence-corrected chi connectivity index (χ0v) is 12.5. The van der Waals surface area contributed by atoms with Crippen LogP contribution in [-0.4, -0.2) is 42.2 Å². The monoisotopic (exact) mass is 265 g/mol. The maximum Gasteiger partial charge on any atom is 0.0590 e. The fourth-order valence-corrected chi connectivity index (χ4v) is 2.37. The lowest BCUT2D eigenvalue weighted by molar-refractivity contribution is 0.0830. The molecule has 19 heavy (non-hydrogen) atoms. The minimum Gasteiger partial charge on any atom is -0.383 e. The second-order valence-electron chi connectivity index (χ2n) is 5.13. The molecule has 1 heterocycles. The van der Waals surface area contributed by atoms with Gasteiger partial charge in [0.2, 0.25) is 0 Å². The van der Waals surface area contributed by atoms with Crippen molar-refractivity contribution in [1.82, 2.24) is 9.88 Å². The highest BCUT2D eigenvalue weighted by Gasteiger charge is 2.27. The molecule has 0 aliphatic heterocycles. The number of rotatable bonds is 8. The maximum atomic E-state index is 6.35. The number of hydrogen-bond donors (Lipinski definition) is 1. The predicted octanol–water partition coefficient (Wildman–Crippen LogP) is 2.22. The van der Waals surface area contributed by atoms with E-state index in [-0.39, 0.29) is 12.1 Å². The van der Waals surface area contributed by atoms with Crippen molar-refractivity contribution in [2.75, 3.05) is 20.3 Å². The van der Waals surface area contributed by atoms with Gasteiger partial charge in [0, 0.05) is 38.1 Å². The molecule has 0 spiro atoms. The summed E-state index contributed by atoms with van der Waals surface area (Å²) in [6.45, 7) is 8.11. The van der Waals surface area contributed by atoms with Crippen LogP contribution in [0.4, 0.5) is 0 Å². The molecule has 2 atom stereocenters. The van der Waals surface area contributed by atoms with Crippen LogP contribution >= 0.6 is 0 Å². The number of nitrogens with zero attached hydrogens (tertiary/aromatic N) is 2. The summed E-state index contributed by atoms with van der Waals surface area (Å²) in [5.41, 5.74) is 7.53. The number of nitrogens with two attached hydrogens (primary N) is 1. The van der Waals surface area contributed by atoms with Crippen molar-refractivity contribution in [2.45, 2.75) is 45.3 Å². The molecular weight excluding hydrogens is 238 g/mol. The van der Waals surface area contributed by atoms with E-state index in [4.69, 9.17) is 10.5 Å². The molecule has 0 radical (unpaired) electrons. The van der Waals surface area contributed by atoms with E-state index >= 15 is 0 Å². The van der Waals surface area contributed by atoms with Gasteiger partial charge in [-0.15, -0.1) is 0 Å².